The van der Waals surface area contributed by atoms with Crippen LogP contribution in [0.3, 0.4) is 0 Å². The standard InChI is InChI=1S/C12H26N2O8/c13-3-5(16)1-2-6(14)8(18)10(20)12(22)11(21)9(19)7(17)4-15/h5-7,9-12,15-17,19-22H,1-4,13-14H2/t5-,6+,7-,9+,10?,11+,12+/m1/s1. The molecule has 22 heavy (non-hydrogen) atoms. The van der Waals surface area contributed by atoms with Crippen molar-refractivity contribution in [1.29, 1.82) is 0 Å². The number of aliphatic hydroxyl groups is 7. The van der Waals surface area contributed by atoms with Gasteiger partial charge in [0.25, 0.3) is 0 Å². The van der Waals surface area contributed by atoms with Gasteiger partial charge in [-0.05, 0) is 12.8 Å². The molecule has 1 unspecified atom stereocenters. The second-order valence-corrected chi connectivity index (χ2v) is 5.14. The van der Waals surface area contributed by atoms with Crippen LogP contribution < -0.4 is 11.5 Å². The number of carbonyl (C=O) groups is 1. The smallest absolute Gasteiger partial charge is 0.180 e. The van der Waals surface area contributed by atoms with Crippen LogP contribution in [0.25, 0.3) is 0 Å². The molecule has 0 aliphatic rings. The van der Waals surface area contributed by atoms with Crippen molar-refractivity contribution in [3.63, 3.8) is 0 Å². The highest BCUT2D eigenvalue weighted by atomic mass is 16.4. The fourth-order valence-electron chi connectivity index (χ4n) is 1.74. The van der Waals surface area contributed by atoms with Crippen molar-refractivity contribution in [2.24, 2.45) is 11.5 Å². The Hall–Kier alpha value is -0.690. The summed E-state index contributed by atoms with van der Waals surface area (Å²) in [6.45, 7) is -0.901. The monoisotopic (exact) mass is 326 g/mol. The quantitative estimate of drug-likeness (QED) is 0.176. The zero-order valence-corrected chi connectivity index (χ0v) is 12.1. The molecule has 0 aromatic heterocycles. The van der Waals surface area contributed by atoms with Gasteiger partial charge in [-0.3, -0.25) is 4.79 Å². The Morgan fingerprint density at radius 2 is 1.45 bits per heavy atom. The lowest BCUT2D eigenvalue weighted by Gasteiger charge is -2.28. The summed E-state index contributed by atoms with van der Waals surface area (Å²) in [4.78, 5) is 11.8. The minimum absolute atomic E-state index is 0.00110. The molecule has 10 heteroatoms. The number of hydrogen-bond donors (Lipinski definition) is 9. The second-order valence-electron chi connectivity index (χ2n) is 5.14. The fourth-order valence-corrected chi connectivity index (χ4v) is 1.74. The van der Waals surface area contributed by atoms with Crippen LogP contribution in [0.4, 0.5) is 0 Å². The van der Waals surface area contributed by atoms with Gasteiger partial charge in [0.05, 0.1) is 18.8 Å². The molecular formula is C12H26N2O8. The Bertz CT molecular complexity index is 332. The third kappa shape index (κ3) is 6.20. The largest absolute Gasteiger partial charge is 0.394 e. The molecule has 0 radical (unpaired) electrons. The van der Waals surface area contributed by atoms with Gasteiger partial charge in [-0.1, -0.05) is 0 Å². The van der Waals surface area contributed by atoms with Crippen molar-refractivity contribution < 1.29 is 40.5 Å². The molecule has 0 aromatic carbocycles. The van der Waals surface area contributed by atoms with Crippen molar-refractivity contribution in [3.8, 4) is 0 Å². The summed E-state index contributed by atoms with van der Waals surface area (Å²) in [5, 5.41) is 65.3. The number of rotatable bonds is 11. The molecule has 0 rings (SSSR count). The molecule has 0 fully saturated rings. The highest BCUT2D eigenvalue weighted by molar-refractivity contribution is 5.88. The van der Waals surface area contributed by atoms with Gasteiger partial charge >= 0.3 is 0 Å². The Balaban J connectivity index is 4.59. The zero-order valence-electron chi connectivity index (χ0n) is 12.1. The molecule has 11 N–H and O–H groups in total. The normalized spacial score (nSPS) is 21.5. The third-order valence-corrected chi connectivity index (χ3v) is 3.34. The lowest BCUT2D eigenvalue weighted by Crippen LogP contribution is -2.54. The van der Waals surface area contributed by atoms with Gasteiger partial charge in [0.1, 0.15) is 30.5 Å². The van der Waals surface area contributed by atoms with Crippen LogP contribution in [0.15, 0.2) is 0 Å². The fraction of sp³-hybridized carbons (Fsp3) is 0.917. The maximum atomic E-state index is 11.8. The summed E-state index contributed by atoms with van der Waals surface area (Å²) in [7, 11) is 0. The van der Waals surface area contributed by atoms with Crippen molar-refractivity contribution in [2.75, 3.05) is 13.2 Å². The van der Waals surface area contributed by atoms with Crippen molar-refractivity contribution in [3.05, 3.63) is 0 Å². The van der Waals surface area contributed by atoms with Crippen LogP contribution in [-0.2, 0) is 4.79 Å². The number of carbonyl (C=O) groups excluding carboxylic acids is 1. The first-order valence-electron chi connectivity index (χ1n) is 6.85. The number of nitrogens with two attached hydrogens (primary N) is 2. The van der Waals surface area contributed by atoms with E-state index in [0.29, 0.717) is 0 Å². The highest BCUT2D eigenvalue weighted by Gasteiger charge is 2.38. The first kappa shape index (κ1) is 21.3. The Kier molecular flexibility index (Phi) is 9.84. The zero-order chi connectivity index (χ0) is 17.4. The van der Waals surface area contributed by atoms with E-state index in [1.807, 2.05) is 0 Å². The first-order valence-corrected chi connectivity index (χ1v) is 6.85. The van der Waals surface area contributed by atoms with E-state index in [9.17, 15) is 30.3 Å². The number of ketones is 1. The predicted molar refractivity (Wildman–Crippen MR) is 74.4 cm³/mol. The average molecular weight is 326 g/mol. The van der Waals surface area contributed by atoms with E-state index >= 15 is 0 Å². The SMILES string of the molecule is NC[C@H](O)CC[C@H](N)C(=O)C(O)[C@H](O)[C@@H](O)[C@@H](O)[C@H](O)CO. The molecule has 0 saturated carbocycles. The van der Waals surface area contributed by atoms with Gasteiger partial charge in [-0.15, -0.1) is 0 Å². The first-order chi connectivity index (χ1) is 10.2. The second kappa shape index (κ2) is 10.2. The molecule has 0 aliphatic heterocycles. The minimum Gasteiger partial charge on any atom is -0.394 e. The maximum absolute atomic E-state index is 11.8. The average Bonchev–Trinajstić information content (AvgIpc) is 2.54. The molecule has 132 valence electrons. The van der Waals surface area contributed by atoms with Crippen LogP contribution in [0.2, 0.25) is 0 Å². The molecule has 0 spiro atoms. The van der Waals surface area contributed by atoms with Gasteiger partial charge in [0, 0.05) is 6.54 Å². The van der Waals surface area contributed by atoms with E-state index in [-0.39, 0.29) is 19.4 Å². The van der Waals surface area contributed by atoms with E-state index in [1.165, 1.54) is 0 Å². The predicted octanol–water partition coefficient (Wildman–Crippen LogP) is -5.22. The Labute approximate surface area is 127 Å². The summed E-state index contributed by atoms with van der Waals surface area (Å²) < 4.78 is 0. The van der Waals surface area contributed by atoms with Crippen molar-refractivity contribution in [1.82, 2.24) is 0 Å². The summed E-state index contributed by atoms with van der Waals surface area (Å²) in [6, 6.07) is -1.21. The van der Waals surface area contributed by atoms with Gasteiger partial charge in [0.2, 0.25) is 0 Å². The molecule has 0 bridgehead atoms. The molecule has 0 amide bonds. The topological polar surface area (TPSA) is 211 Å². The number of aliphatic hydroxyl groups excluding tert-OH is 7. The van der Waals surface area contributed by atoms with Crippen molar-refractivity contribution in [2.45, 2.75) is 55.5 Å². The van der Waals surface area contributed by atoms with E-state index in [0.717, 1.165) is 0 Å². The van der Waals surface area contributed by atoms with Gasteiger partial charge in [0.15, 0.2) is 5.78 Å². The molecule has 0 heterocycles. The van der Waals surface area contributed by atoms with Crippen LogP contribution in [0, 0.1) is 0 Å². The Morgan fingerprint density at radius 3 is 1.91 bits per heavy atom. The molecule has 10 nitrogen and oxygen atoms in total. The van der Waals surface area contributed by atoms with E-state index in [2.05, 4.69) is 0 Å². The van der Waals surface area contributed by atoms with Crippen LogP contribution in [0.5, 0.6) is 0 Å². The summed E-state index contributed by atoms with van der Waals surface area (Å²) >= 11 is 0. The highest BCUT2D eigenvalue weighted by Crippen LogP contribution is 2.12. The van der Waals surface area contributed by atoms with Gasteiger partial charge < -0.3 is 47.2 Å². The molecule has 0 aliphatic carbocycles. The number of hydrogen-bond acceptors (Lipinski definition) is 10. The van der Waals surface area contributed by atoms with Crippen molar-refractivity contribution >= 4 is 5.78 Å². The molecule has 0 saturated heterocycles. The summed E-state index contributed by atoms with van der Waals surface area (Å²) in [6.07, 6.45) is -10.7. The van der Waals surface area contributed by atoms with E-state index < -0.39 is 55.1 Å². The van der Waals surface area contributed by atoms with Crippen LogP contribution in [0.1, 0.15) is 12.8 Å². The summed E-state index contributed by atoms with van der Waals surface area (Å²) in [5.41, 5.74) is 10.7. The van der Waals surface area contributed by atoms with Crippen LogP contribution in [-0.4, -0.2) is 97.3 Å². The summed E-state index contributed by atoms with van der Waals surface area (Å²) in [5.74, 6) is -0.999. The lowest BCUT2D eigenvalue weighted by atomic mass is 9.93. The lowest BCUT2D eigenvalue weighted by molar-refractivity contribution is -0.156. The van der Waals surface area contributed by atoms with Gasteiger partial charge in [-0.25, -0.2) is 0 Å². The third-order valence-electron chi connectivity index (χ3n) is 3.34. The van der Waals surface area contributed by atoms with Crippen LogP contribution >= 0.6 is 0 Å². The van der Waals surface area contributed by atoms with E-state index in [4.69, 9.17) is 21.7 Å². The van der Waals surface area contributed by atoms with E-state index in [1.54, 1.807) is 0 Å². The van der Waals surface area contributed by atoms with Gasteiger partial charge in [-0.2, -0.15) is 0 Å². The molecule has 0 aromatic rings. The minimum atomic E-state index is -2.10. The Morgan fingerprint density at radius 1 is 0.909 bits per heavy atom. The molecular weight excluding hydrogens is 300 g/mol. The molecule has 7 atom stereocenters. The number of Topliss-reactive ketones (excluding diaryl/α,β-unsaturated/α-hetero) is 1. The maximum Gasteiger partial charge on any atom is 0.180 e.